The van der Waals surface area contributed by atoms with E-state index in [9.17, 15) is 4.79 Å². The molecule has 0 aliphatic rings. The molecule has 1 aromatic heterocycles. The number of ether oxygens (including phenoxy) is 1. The smallest absolute Gasteiger partial charge is 0.252 e. The van der Waals surface area contributed by atoms with Crippen LogP contribution in [0.2, 0.25) is 0 Å². The van der Waals surface area contributed by atoms with Gasteiger partial charge in [-0.25, -0.2) is 4.98 Å². The zero-order valence-corrected chi connectivity index (χ0v) is 15.8. The van der Waals surface area contributed by atoms with Gasteiger partial charge in [0.1, 0.15) is 0 Å². The van der Waals surface area contributed by atoms with Crippen LogP contribution < -0.4 is 5.32 Å². The van der Waals surface area contributed by atoms with Crippen molar-refractivity contribution in [1.82, 2.24) is 10.3 Å². The summed E-state index contributed by atoms with van der Waals surface area (Å²) in [7, 11) is 0. The standard InChI is InChI=1S/C18H24N2O2S2/c1-14(2)10-22-9-5-8-19-18(21)16-6-3-4-7-17(16)24-12-15-11-23-13-20-15/h3-4,6-7,11,13-14H,5,8-10,12H2,1-2H3,(H,19,21). The average Bonchev–Trinajstić information content (AvgIpc) is 3.09. The van der Waals surface area contributed by atoms with Crippen LogP contribution in [0.15, 0.2) is 40.1 Å². The first-order chi connectivity index (χ1) is 11.7. The summed E-state index contributed by atoms with van der Waals surface area (Å²) < 4.78 is 5.52. The van der Waals surface area contributed by atoms with Gasteiger partial charge in [0, 0.05) is 35.8 Å². The third-order valence-corrected chi connectivity index (χ3v) is 4.94. The van der Waals surface area contributed by atoms with E-state index in [1.807, 2.05) is 35.2 Å². The highest BCUT2D eigenvalue weighted by molar-refractivity contribution is 7.98. The fourth-order valence-corrected chi connectivity index (χ4v) is 3.65. The molecule has 0 aliphatic carbocycles. The van der Waals surface area contributed by atoms with Crippen molar-refractivity contribution in [2.75, 3.05) is 19.8 Å². The quantitative estimate of drug-likeness (QED) is 0.506. The Kier molecular flexibility index (Phi) is 8.28. The van der Waals surface area contributed by atoms with Crippen molar-refractivity contribution in [3.63, 3.8) is 0 Å². The van der Waals surface area contributed by atoms with E-state index in [0.717, 1.165) is 34.9 Å². The van der Waals surface area contributed by atoms with Gasteiger partial charge in [0.2, 0.25) is 0 Å². The van der Waals surface area contributed by atoms with Crippen molar-refractivity contribution in [2.24, 2.45) is 5.92 Å². The molecule has 1 amide bonds. The molecule has 0 unspecified atom stereocenters. The Labute approximate surface area is 152 Å². The first-order valence-corrected chi connectivity index (χ1v) is 10.0. The Hall–Kier alpha value is -1.37. The maximum atomic E-state index is 12.4. The monoisotopic (exact) mass is 364 g/mol. The number of benzene rings is 1. The highest BCUT2D eigenvalue weighted by atomic mass is 32.2. The number of amides is 1. The van der Waals surface area contributed by atoms with Crippen LogP contribution in [0.4, 0.5) is 0 Å². The van der Waals surface area contributed by atoms with E-state index in [4.69, 9.17) is 4.74 Å². The summed E-state index contributed by atoms with van der Waals surface area (Å²) in [4.78, 5) is 17.7. The number of aromatic nitrogens is 1. The van der Waals surface area contributed by atoms with E-state index in [1.54, 1.807) is 23.1 Å². The molecule has 2 aromatic rings. The van der Waals surface area contributed by atoms with Crippen LogP contribution in [-0.2, 0) is 10.5 Å². The Morgan fingerprint density at radius 1 is 1.38 bits per heavy atom. The topological polar surface area (TPSA) is 51.2 Å². The number of carbonyl (C=O) groups is 1. The molecule has 0 fully saturated rings. The predicted octanol–water partition coefficient (Wildman–Crippen LogP) is 4.23. The molecule has 24 heavy (non-hydrogen) atoms. The van der Waals surface area contributed by atoms with Crippen LogP contribution in [0.25, 0.3) is 0 Å². The molecule has 0 aliphatic heterocycles. The highest BCUT2D eigenvalue weighted by Gasteiger charge is 2.11. The predicted molar refractivity (Wildman–Crippen MR) is 101 cm³/mol. The maximum absolute atomic E-state index is 12.4. The lowest BCUT2D eigenvalue weighted by molar-refractivity contribution is 0.0922. The van der Waals surface area contributed by atoms with Crippen LogP contribution in [-0.4, -0.2) is 30.6 Å². The summed E-state index contributed by atoms with van der Waals surface area (Å²) in [5, 5.41) is 5.01. The second kappa shape index (κ2) is 10.5. The summed E-state index contributed by atoms with van der Waals surface area (Å²) in [6.45, 7) is 6.33. The number of rotatable bonds is 10. The minimum absolute atomic E-state index is 0.0276. The van der Waals surface area contributed by atoms with Gasteiger partial charge in [-0.1, -0.05) is 26.0 Å². The van der Waals surface area contributed by atoms with Crippen LogP contribution in [0.5, 0.6) is 0 Å². The van der Waals surface area contributed by atoms with Gasteiger partial charge in [0.15, 0.2) is 0 Å². The maximum Gasteiger partial charge on any atom is 0.252 e. The van der Waals surface area contributed by atoms with E-state index in [2.05, 4.69) is 24.1 Å². The minimum Gasteiger partial charge on any atom is -0.381 e. The van der Waals surface area contributed by atoms with Crippen molar-refractivity contribution in [3.05, 3.63) is 46.4 Å². The van der Waals surface area contributed by atoms with Crippen molar-refractivity contribution in [1.29, 1.82) is 0 Å². The fourth-order valence-electron chi connectivity index (χ4n) is 2.03. The van der Waals surface area contributed by atoms with Crippen molar-refractivity contribution >= 4 is 29.0 Å². The largest absolute Gasteiger partial charge is 0.381 e. The molecule has 0 radical (unpaired) electrons. The minimum atomic E-state index is -0.0276. The number of thioether (sulfide) groups is 1. The molecule has 2 rings (SSSR count). The number of carbonyl (C=O) groups excluding carboxylic acids is 1. The molecule has 6 heteroatoms. The molecule has 1 aromatic carbocycles. The summed E-state index contributed by atoms with van der Waals surface area (Å²) in [5.74, 6) is 1.29. The zero-order chi connectivity index (χ0) is 17.2. The summed E-state index contributed by atoms with van der Waals surface area (Å²) in [5.41, 5.74) is 3.60. The number of hydrogen-bond acceptors (Lipinski definition) is 5. The van der Waals surface area contributed by atoms with Gasteiger partial charge in [-0.2, -0.15) is 0 Å². The summed E-state index contributed by atoms with van der Waals surface area (Å²) >= 11 is 3.23. The molecule has 0 atom stereocenters. The van der Waals surface area contributed by atoms with Crippen molar-refractivity contribution in [2.45, 2.75) is 30.9 Å². The Bertz CT molecular complexity index is 615. The van der Waals surface area contributed by atoms with Crippen LogP contribution in [0.3, 0.4) is 0 Å². The third kappa shape index (κ3) is 6.63. The summed E-state index contributed by atoms with van der Waals surface area (Å²) in [6.07, 6.45) is 0.826. The van der Waals surface area contributed by atoms with E-state index in [-0.39, 0.29) is 5.91 Å². The normalized spacial score (nSPS) is 11.0. The Morgan fingerprint density at radius 3 is 2.96 bits per heavy atom. The SMILES string of the molecule is CC(C)COCCCNC(=O)c1ccccc1SCc1cscn1. The van der Waals surface area contributed by atoms with Gasteiger partial charge in [0.25, 0.3) is 5.91 Å². The van der Waals surface area contributed by atoms with Gasteiger partial charge >= 0.3 is 0 Å². The number of nitrogens with zero attached hydrogens (tertiary/aromatic N) is 1. The van der Waals surface area contributed by atoms with Gasteiger partial charge in [0.05, 0.1) is 16.8 Å². The Balaban J connectivity index is 1.79. The molecule has 0 saturated carbocycles. The second-order valence-electron chi connectivity index (χ2n) is 5.84. The van der Waals surface area contributed by atoms with Gasteiger partial charge in [-0.3, -0.25) is 4.79 Å². The zero-order valence-electron chi connectivity index (χ0n) is 14.2. The molecule has 1 heterocycles. The van der Waals surface area contributed by atoms with Gasteiger partial charge < -0.3 is 10.1 Å². The average molecular weight is 365 g/mol. The fraction of sp³-hybridized carbons (Fsp3) is 0.444. The van der Waals surface area contributed by atoms with Crippen molar-refractivity contribution in [3.8, 4) is 0 Å². The molecule has 130 valence electrons. The van der Waals surface area contributed by atoms with Gasteiger partial charge in [-0.05, 0) is 24.5 Å². The second-order valence-corrected chi connectivity index (χ2v) is 7.58. The van der Waals surface area contributed by atoms with E-state index >= 15 is 0 Å². The molecule has 1 N–H and O–H groups in total. The van der Waals surface area contributed by atoms with Crippen LogP contribution in [0, 0.1) is 5.92 Å². The first-order valence-electron chi connectivity index (χ1n) is 8.11. The van der Waals surface area contributed by atoms with Crippen molar-refractivity contribution < 1.29 is 9.53 Å². The molecular weight excluding hydrogens is 340 g/mol. The number of thiazole rings is 1. The van der Waals surface area contributed by atoms with Crippen LogP contribution in [0.1, 0.15) is 36.3 Å². The lowest BCUT2D eigenvalue weighted by atomic mass is 10.2. The third-order valence-electron chi connectivity index (χ3n) is 3.19. The highest BCUT2D eigenvalue weighted by Crippen LogP contribution is 2.26. The molecule has 0 spiro atoms. The molecular formula is C18H24N2O2S2. The molecule has 4 nitrogen and oxygen atoms in total. The first kappa shape index (κ1) is 19.0. The lowest BCUT2D eigenvalue weighted by Gasteiger charge is -2.10. The number of nitrogens with one attached hydrogen (secondary N) is 1. The van der Waals surface area contributed by atoms with E-state index in [0.29, 0.717) is 19.1 Å². The Morgan fingerprint density at radius 2 is 2.21 bits per heavy atom. The summed E-state index contributed by atoms with van der Waals surface area (Å²) in [6, 6.07) is 7.71. The lowest BCUT2D eigenvalue weighted by Crippen LogP contribution is -2.26. The van der Waals surface area contributed by atoms with E-state index < -0.39 is 0 Å². The van der Waals surface area contributed by atoms with Crippen LogP contribution >= 0.6 is 23.1 Å². The molecule has 0 bridgehead atoms. The van der Waals surface area contributed by atoms with E-state index in [1.165, 1.54) is 0 Å². The number of hydrogen-bond donors (Lipinski definition) is 1. The van der Waals surface area contributed by atoms with Gasteiger partial charge in [-0.15, -0.1) is 23.1 Å². The molecule has 0 saturated heterocycles.